The molecule has 3 heterocycles. The van der Waals surface area contributed by atoms with Crippen molar-refractivity contribution in [2.45, 2.75) is 25.0 Å². The van der Waals surface area contributed by atoms with Crippen LogP contribution in [0, 0.1) is 0 Å². The molecule has 2 bridgehead atoms. The molecule has 28 heavy (non-hydrogen) atoms. The Hall–Kier alpha value is -2.63. The highest BCUT2D eigenvalue weighted by Crippen LogP contribution is 2.41. The number of benzene rings is 2. The standard InChI is InChI=1S/C22H20ClN3O2/c1-28-21-7-5-16(23)10-19(21)26-17-11-20(22(26)27)25(13-17)12-14-4-6-18-15(9-14)3-2-8-24-18/h2-10,17,20H,11-13H2,1H3/t17-,20-/m0/s1. The third kappa shape index (κ3) is 2.82. The van der Waals surface area contributed by atoms with E-state index in [2.05, 4.69) is 28.1 Å². The van der Waals surface area contributed by atoms with Crippen LogP contribution < -0.4 is 9.64 Å². The average Bonchev–Trinajstić information content (AvgIpc) is 3.25. The van der Waals surface area contributed by atoms with Gasteiger partial charge in [-0.25, -0.2) is 0 Å². The molecule has 0 saturated carbocycles. The predicted octanol–water partition coefficient (Wildman–Crippen LogP) is 3.89. The van der Waals surface area contributed by atoms with Crippen molar-refractivity contribution < 1.29 is 9.53 Å². The number of ether oxygens (including phenoxy) is 1. The van der Waals surface area contributed by atoms with Crippen LogP contribution in [0.3, 0.4) is 0 Å². The lowest BCUT2D eigenvalue weighted by Crippen LogP contribution is -2.50. The van der Waals surface area contributed by atoms with E-state index in [1.807, 2.05) is 29.2 Å². The van der Waals surface area contributed by atoms with Gasteiger partial charge >= 0.3 is 0 Å². The monoisotopic (exact) mass is 393 g/mol. The second-order valence-corrected chi connectivity index (χ2v) is 7.83. The topological polar surface area (TPSA) is 45.7 Å². The zero-order chi connectivity index (χ0) is 19.3. The molecule has 3 aromatic rings. The van der Waals surface area contributed by atoms with E-state index in [0.29, 0.717) is 10.8 Å². The number of pyridine rings is 1. The first-order chi connectivity index (χ1) is 13.6. The van der Waals surface area contributed by atoms with Crippen molar-refractivity contribution in [3.8, 4) is 5.75 Å². The Kier molecular flexibility index (Phi) is 4.22. The van der Waals surface area contributed by atoms with Crippen LogP contribution >= 0.6 is 11.6 Å². The van der Waals surface area contributed by atoms with Crippen molar-refractivity contribution in [2.75, 3.05) is 18.6 Å². The number of carbonyl (C=O) groups is 1. The van der Waals surface area contributed by atoms with E-state index in [1.54, 1.807) is 19.4 Å². The number of piperazine rings is 1. The Morgan fingerprint density at radius 2 is 2.11 bits per heavy atom. The van der Waals surface area contributed by atoms with E-state index in [1.165, 1.54) is 5.56 Å². The van der Waals surface area contributed by atoms with Crippen LogP contribution in [0.5, 0.6) is 5.75 Å². The molecule has 2 aromatic carbocycles. The van der Waals surface area contributed by atoms with Crippen LogP contribution in [0.4, 0.5) is 5.69 Å². The number of hydrogen-bond donors (Lipinski definition) is 0. The highest BCUT2D eigenvalue weighted by atomic mass is 35.5. The third-order valence-corrected chi connectivity index (χ3v) is 5.96. The van der Waals surface area contributed by atoms with Gasteiger partial charge in [-0.1, -0.05) is 23.7 Å². The van der Waals surface area contributed by atoms with Gasteiger partial charge in [0.15, 0.2) is 0 Å². The summed E-state index contributed by atoms with van der Waals surface area (Å²) in [6.45, 7) is 1.61. The molecule has 0 radical (unpaired) electrons. The highest BCUT2D eigenvalue weighted by molar-refractivity contribution is 6.31. The zero-order valence-corrected chi connectivity index (χ0v) is 16.3. The average molecular weight is 394 g/mol. The van der Waals surface area contributed by atoms with Gasteiger partial charge in [0.25, 0.3) is 0 Å². The van der Waals surface area contributed by atoms with Crippen LogP contribution in [0.15, 0.2) is 54.7 Å². The molecule has 5 rings (SSSR count). The summed E-state index contributed by atoms with van der Waals surface area (Å²) < 4.78 is 5.46. The number of hydrogen-bond acceptors (Lipinski definition) is 4. The van der Waals surface area contributed by atoms with Gasteiger partial charge in [-0.05, 0) is 48.4 Å². The van der Waals surface area contributed by atoms with E-state index < -0.39 is 0 Å². The van der Waals surface area contributed by atoms with Gasteiger partial charge in [-0.15, -0.1) is 0 Å². The summed E-state index contributed by atoms with van der Waals surface area (Å²) in [4.78, 5) is 21.7. The Morgan fingerprint density at radius 1 is 1.21 bits per heavy atom. The van der Waals surface area contributed by atoms with Crippen LogP contribution in [0.2, 0.25) is 5.02 Å². The molecule has 2 aliphatic heterocycles. The fourth-order valence-electron chi connectivity index (χ4n) is 4.46. The fourth-order valence-corrected chi connectivity index (χ4v) is 4.63. The molecule has 2 atom stereocenters. The summed E-state index contributed by atoms with van der Waals surface area (Å²) in [5.41, 5.74) is 2.96. The first-order valence-electron chi connectivity index (χ1n) is 9.38. The summed E-state index contributed by atoms with van der Waals surface area (Å²) in [7, 11) is 1.62. The second-order valence-electron chi connectivity index (χ2n) is 7.39. The quantitative estimate of drug-likeness (QED) is 0.674. The lowest BCUT2D eigenvalue weighted by molar-refractivity contribution is -0.122. The number of fused-ring (bicyclic) bond motifs is 3. The molecular formula is C22H20ClN3O2. The minimum atomic E-state index is -0.0988. The number of nitrogens with zero attached hydrogens (tertiary/aromatic N) is 3. The van der Waals surface area contributed by atoms with E-state index in [0.717, 1.165) is 36.1 Å². The molecule has 2 fully saturated rings. The van der Waals surface area contributed by atoms with E-state index in [9.17, 15) is 4.79 Å². The van der Waals surface area contributed by atoms with Gasteiger partial charge in [-0.2, -0.15) is 0 Å². The minimum absolute atomic E-state index is 0.0988. The Labute approximate surface area is 168 Å². The number of amides is 1. The number of halogens is 1. The summed E-state index contributed by atoms with van der Waals surface area (Å²) in [5.74, 6) is 0.804. The molecule has 6 heteroatoms. The van der Waals surface area contributed by atoms with E-state index >= 15 is 0 Å². The molecule has 1 aromatic heterocycles. The molecule has 142 valence electrons. The Balaban J connectivity index is 1.38. The number of rotatable bonds is 4. The molecule has 2 aliphatic rings. The zero-order valence-electron chi connectivity index (χ0n) is 15.5. The van der Waals surface area contributed by atoms with Crippen molar-refractivity contribution in [2.24, 2.45) is 0 Å². The summed E-state index contributed by atoms with van der Waals surface area (Å²) in [6, 6.07) is 15.8. The van der Waals surface area contributed by atoms with Gasteiger partial charge in [0, 0.05) is 29.7 Å². The van der Waals surface area contributed by atoms with Crippen LogP contribution in [-0.2, 0) is 11.3 Å². The van der Waals surface area contributed by atoms with Gasteiger partial charge in [0.2, 0.25) is 5.91 Å². The molecule has 0 unspecified atom stereocenters. The van der Waals surface area contributed by atoms with Crippen molar-refractivity contribution in [1.29, 1.82) is 0 Å². The molecule has 0 aliphatic carbocycles. The van der Waals surface area contributed by atoms with E-state index in [4.69, 9.17) is 16.3 Å². The van der Waals surface area contributed by atoms with Gasteiger partial charge in [0.05, 0.1) is 30.4 Å². The van der Waals surface area contributed by atoms with Crippen molar-refractivity contribution in [3.63, 3.8) is 0 Å². The lowest BCUT2D eigenvalue weighted by atomic mass is 10.1. The maximum atomic E-state index is 13.1. The predicted molar refractivity (Wildman–Crippen MR) is 110 cm³/mol. The Morgan fingerprint density at radius 3 is 2.93 bits per heavy atom. The smallest absolute Gasteiger partial charge is 0.244 e. The SMILES string of the molecule is COc1ccc(Cl)cc1N1C(=O)[C@@H]2C[C@H]1CN2Cc1ccc2ncccc2c1. The number of anilines is 1. The number of likely N-dealkylation sites (tertiary alicyclic amines) is 1. The van der Waals surface area contributed by atoms with Crippen LogP contribution in [0.25, 0.3) is 10.9 Å². The Bertz CT molecular complexity index is 1070. The lowest BCUT2D eigenvalue weighted by Gasteiger charge is -2.34. The second kappa shape index (κ2) is 6.76. The van der Waals surface area contributed by atoms with Gasteiger partial charge in [0.1, 0.15) is 5.75 Å². The fraction of sp³-hybridized carbons (Fsp3) is 0.273. The van der Waals surface area contributed by atoms with E-state index in [-0.39, 0.29) is 18.0 Å². The largest absolute Gasteiger partial charge is 0.495 e. The van der Waals surface area contributed by atoms with Gasteiger partial charge < -0.3 is 9.64 Å². The molecule has 0 N–H and O–H groups in total. The first kappa shape index (κ1) is 17.5. The van der Waals surface area contributed by atoms with Crippen molar-refractivity contribution in [1.82, 2.24) is 9.88 Å². The maximum absolute atomic E-state index is 13.1. The molecule has 0 spiro atoms. The summed E-state index contributed by atoms with van der Waals surface area (Å²) in [6.07, 6.45) is 2.64. The minimum Gasteiger partial charge on any atom is -0.495 e. The third-order valence-electron chi connectivity index (χ3n) is 5.72. The van der Waals surface area contributed by atoms with Crippen LogP contribution in [-0.4, -0.2) is 41.5 Å². The number of methoxy groups -OCH3 is 1. The van der Waals surface area contributed by atoms with Crippen molar-refractivity contribution >= 4 is 34.1 Å². The number of carbonyl (C=O) groups excluding carboxylic acids is 1. The summed E-state index contributed by atoms with van der Waals surface area (Å²) >= 11 is 6.18. The maximum Gasteiger partial charge on any atom is 0.244 e. The van der Waals surface area contributed by atoms with Gasteiger partial charge in [-0.3, -0.25) is 14.7 Å². The normalized spacial score (nSPS) is 21.6. The highest BCUT2D eigenvalue weighted by Gasteiger charge is 2.50. The van der Waals surface area contributed by atoms with Crippen LogP contribution in [0.1, 0.15) is 12.0 Å². The van der Waals surface area contributed by atoms with Crippen molar-refractivity contribution in [3.05, 3.63) is 65.3 Å². The first-order valence-corrected chi connectivity index (χ1v) is 9.76. The molecule has 5 nitrogen and oxygen atoms in total. The summed E-state index contributed by atoms with van der Waals surface area (Å²) in [5, 5.41) is 1.73. The molecular weight excluding hydrogens is 374 g/mol. The molecule has 1 amide bonds. The molecule has 2 saturated heterocycles. The number of aromatic nitrogens is 1.